The van der Waals surface area contributed by atoms with E-state index in [1.807, 2.05) is 13.8 Å². The van der Waals surface area contributed by atoms with E-state index in [9.17, 15) is 14.4 Å². The number of carbonyl (C=O) groups excluding carboxylic acids is 3. The van der Waals surface area contributed by atoms with Crippen LogP contribution >= 0.6 is 11.8 Å². The summed E-state index contributed by atoms with van der Waals surface area (Å²) in [6.45, 7) is 10.4. The molecule has 0 saturated carbocycles. The predicted octanol–water partition coefficient (Wildman–Crippen LogP) is 2.15. The molecule has 0 aliphatic carbocycles. The van der Waals surface area contributed by atoms with Crippen LogP contribution in [-0.2, 0) is 14.4 Å². The molecule has 0 aromatic heterocycles. The number of ketones is 1. The number of amides is 2. The molecule has 0 aliphatic heterocycles. The molecule has 124 valence electrons. The van der Waals surface area contributed by atoms with E-state index in [2.05, 4.69) is 24.5 Å². The molecule has 0 fully saturated rings. The van der Waals surface area contributed by atoms with Gasteiger partial charge in [0, 0.05) is 38.1 Å². The van der Waals surface area contributed by atoms with Crippen LogP contribution in [-0.4, -0.2) is 41.7 Å². The van der Waals surface area contributed by atoms with Gasteiger partial charge in [0.1, 0.15) is 5.78 Å². The zero-order valence-electron chi connectivity index (χ0n) is 14.0. The molecule has 21 heavy (non-hydrogen) atoms. The topological polar surface area (TPSA) is 75.3 Å². The third kappa shape index (κ3) is 19.0. The fraction of sp³-hybridized carbons (Fsp3) is 0.800. The van der Waals surface area contributed by atoms with Crippen LogP contribution < -0.4 is 10.6 Å². The summed E-state index contributed by atoms with van der Waals surface area (Å²) in [5, 5.41) is 5.86. The van der Waals surface area contributed by atoms with E-state index in [1.54, 1.807) is 11.8 Å². The molecule has 2 amide bonds. The first-order valence-corrected chi connectivity index (χ1v) is 8.61. The van der Waals surface area contributed by atoms with E-state index >= 15 is 0 Å². The van der Waals surface area contributed by atoms with Gasteiger partial charge in [-0.1, -0.05) is 27.7 Å². The quantitative estimate of drug-likeness (QED) is 0.647. The average Bonchev–Trinajstić information content (AvgIpc) is 2.40. The zero-order valence-corrected chi connectivity index (χ0v) is 14.8. The third-order valence-corrected chi connectivity index (χ3v) is 3.36. The third-order valence-electron chi connectivity index (χ3n) is 2.25. The standard InChI is InChI=1S/C13H24N2O3S.C2H6/c1-10(2)19-9-6-13(18)15-8-5-12(17)14-7-4-11(3)16;1-2/h10H,4-9H2,1-3H3,(H,14,17)(H,15,18);1-2H3. The molecule has 0 aromatic carbocycles. The second-order valence-electron chi connectivity index (χ2n) is 4.57. The lowest BCUT2D eigenvalue weighted by Gasteiger charge is -2.07. The lowest BCUT2D eigenvalue weighted by atomic mass is 10.3. The van der Waals surface area contributed by atoms with E-state index in [-0.39, 0.29) is 24.0 Å². The van der Waals surface area contributed by atoms with Crippen molar-refractivity contribution >= 4 is 29.4 Å². The van der Waals surface area contributed by atoms with E-state index in [4.69, 9.17) is 0 Å². The largest absolute Gasteiger partial charge is 0.356 e. The molecule has 2 N–H and O–H groups in total. The van der Waals surface area contributed by atoms with Gasteiger partial charge in [-0.3, -0.25) is 14.4 Å². The molecule has 5 nitrogen and oxygen atoms in total. The van der Waals surface area contributed by atoms with E-state index in [0.29, 0.717) is 31.2 Å². The Morgan fingerprint density at radius 3 is 1.86 bits per heavy atom. The Labute approximate surface area is 133 Å². The lowest BCUT2D eigenvalue weighted by Crippen LogP contribution is -2.31. The first kappa shape index (κ1) is 22.2. The Morgan fingerprint density at radius 2 is 1.38 bits per heavy atom. The number of Topliss-reactive ketones (excluding diaryl/α,β-unsaturated/α-hetero) is 1. The number of hydrogen-bond donors (Lipinski definition) is 2. The van der Waals surface area contributed by atoms with Crippen molar-refractivity contribution in [2.45, 2.75) is 59.1 Å². The van der Waals surface area contributed by atoms with Crippen LogP contribution in [0.2, 0.25) is 0 Å². The molecule has 0 radical (unpaired) electrons. The van der Waals surface area contributed by atoms with Gasteiger partial charge in [-0.05, 0) is 12.2 Å². The SMILES string of the molecule is CC.CC(=O)CCNC(=O)CCNC(=O)CCSC(C)C. The van der Waals surface area contributed by atoms with Gasteiger partial charge in [0.05, 0.1) is 0 Å². The molecule has 0 saturated heterocycles. The van der Waals surface area contributed by atoms with Crippen molar-refractivity contribution in [2.75, 3.05) is 18.8 Å². The molecule has 0 spiro atoms. The summed E-state index contributed by atoms with van der Waals surface area (Å²) in [5.41, 5.74) is 0. The maximum absolute atomic E-state index is 11.4. The normalized spacial score (nSPS) is 9.62. The second kappa shape index (κ2) is 15.4. The van der Waals surface area contributed by atoms with Crippen LogP contribution in [0.15, 0.2) is 0 Å². The van der Waals surface area contributed by atoms with Gasteiger partial charge in [0.2, 0.25) is 11.8 Å². The highest BCUT2D eigenvalue weighted by molar-refractivity contribution is 7.99. The van der Waals surface area contributed by atoms with Crippen molar-refractivity contribution < 1.29 is 14.4 Å². The first-order valence-electron chi connectivity index (χ1n) is 7.56. The number of carbonyl (C=O) groups is 3. The minimum Gasteiger partial charge on any atom is -0.356 e. The van der Waals surface area contributed by atoms with Crippen molar-refractivity contribution in [3.05, 3.63) is 0 Å². The maximum Gasteiger partial charge on any atom is 0.221 e. The molecule has 0 atom stereocenters. The van der Waals surface area contributed by atoms with Crippen LogP contribution in [0.1, 0.15) is 53.9 Å². The molecule has 0 unspecified atom stereocenters. The van der Waals surface area contributed by atoms with Crippen molar-refractivity contribution in [2.24, 2.45) is 0 Å². The van der Waals surface area contributed by atoms with Gasteiger partial charge >= 0.3 is 0 Å². The van der Waals surface area contributed by atoms with Crippen LogP contribution in [0, 0.1) is 0 Å². The van der Waals surface area contributed by atoms with Gasteiger partial charge in [-0.25, -0.2) is 0 Å². The van der Waals surface area contributed by atoms with Crippen LogP contribution in [0.5, 0.6) is 0 Å². The summed E-state index contributed by atoms with van der Waals surface area (Å²) in [7, 11) is 0. The molecular formula is C15H30N2O3S. The summed E-state index contributed by atoms with van der Waals surface area (Å²) in [6, 6.07) is 0. The summed E-state index contributed by atoms with van der Waals surface area (Å²) in [4.78, 5) is 33.4. The predicted molar refractivity (Wildman–Crippen MR) is 89.5 cm³/mol. The lowest BCUT2D eigenvalue weighted by molar-refractivity contribution is -0.122. The number of thioether (sulfide) groups is 1. The Balaban J connectivity index is 0. The summed E-state index contributed by atoms with van der Waals surface area (Å²) >= 11 is 1.74. The van der Waals surface area contributed by atoms with Gasteiger partial charge < -0.3 is 10.6 Å². The monoisotopic (exact) mass is 318 g/mol. The van der Waals surface area contributed by atoms with Crippen molar-refractivity contribution in [3.8, 4) is 0 Å². The van der Waals surface area contributed by atoms with E-state index in [1.165, 1.54) is 6.92 Å². The summed E-state index contributed by atoms with van der Waals surface area (Å²) < 4.78 is 0. The number of hydrogen-bond acceptors (Lipinski definition) is 4. The van der Waals surface area contributed by atoms with Crippen molar-refractivity contribution in [1.82, 2.24) is 10.6 Å². The minimum absolute atomic E-state index is 0.0234. The van der Waals surface area contributed by atoms with Gasteiger partial charge in [-0.2, -0.15) is 11.8 Å². The fourth-order valence-corrected chi connectivity index (χ4v) is 2.03. The molecule has 0 rings (SSSR count). The highest BCUT2D eigenvalue weighted by Gasteiger charge is 2.05. The molecule has 0 heterocycles. The molecule has 0 aliphatic rings. The Bertz CT molecular complexity index is 307. The van der Waals surface area contributed by atoms with E-state index < -0.39 is 0 Å². The Morgan fingerprint density at radius 1 is 0.905 bits per heavy atom. The molecular weight excluding hydrogens is 288 g/mol. The Hall–Kier alpha value is -1.04. The zero-order chi connectivity index (χ0) is 16.7. The smallest absolute Gasteiger partial charge is 0.221 e. The molecule has 0 aromatic rings. The highest BCUT2D eigenvalue weighted by Crippen LogP contribution is 2.09. The van der Waals surface area contributed by atoms with E-state index in [0.717, 1.165) is 5.75 Å². The van der Waals surface area contributed by atoms with Crippen molar-refractivity contribution in [1.29, 1.82) is 0 Å². The minimum atomic E-state index is -0.141. The Kier molecular flexibility index (Phi) is 16.3. The van der Waals surface area contributed by atoms with Crippen LogP contribution in [0.3, 0.4) is 0 Å². The van der Waals surface area contributed by atoms with Crippen LogP contribution in [0.25, 0.3) is 0 Å². The number of rotatable bonds is 10. The maximum atomic E-state index is 11.4. The van der Waals surface area contributed by atoms with Gasteiger partial charge in [0.25, 0.3) is 0 Å². The van der Waals surface area contributed by atoms with Crippen molar-refractivity contribution in [3.63, 3.8) is 0 Å². The second-order valence-corrected chi connectivity index (χ2v) is 6.26. The highest BCUT2D eigenvalue weighted by atomic mass is 32.2. The van der Waals surface area contributed by atoms with Gasteiger partial charge in [0.15, 0.2) is 0 Å². The number of nitrogens with one attached hydrogen (secondary N) is 2. The molecule has 6 heteroatoms. The summed E-state index contributed by atoms with van der Waals surface area (Å²) in [6.07, 6.45) is 1.08. The summed E-state index contributed by atoms with van der Waals surface area (Å²) in [5.74, 6) is 0.688. The van der Waals surface area contributed by atoms with Gasteiger partial charge in [-0.15, -0.1) is 0 Å². The average molecular weight is 318 g/mol. The fourth-order valence-electron chi connectivity index (χ4n) is 1.26. The molecule has 0 bridgehead atoms. The van der Waals surface area contributed by atoms with Crippen LogP contribution in [0.4, 0.5) is 0 Å². The first-order chi connectivity index (χ1) is 9.91.